The van der Waals surface area contributed by atoms with E-state index in [1.54, 1.807) is 37.1 Å². The van der Waals surface area contributed by atoms with Crippen molar-refractivity contribution in [3.63, 3.8) is 0 Å². The highest BCUT2D eigenvalue weighted by Crippen LogP contribution is 2.23. The number of hydrogen-bond donors (Lipinski definition) is 1. The Morgan fingerprint density at radius 2 is 2.11 bits per heavy atom. The van der Waals surface area contributed by atoms with Crippen LogP contribution in [0.4, 0.5) is 0 Å². The second-order valence-corrected chi connectivity index (χ2v) is 5.44. The Morgan fingerprint density at radius 3 is 2.63 bits per heavy atom. The van der Waals surface area contributed by atoms with Crippen molar-refractivity contribution in [1.29, 1.82) is 0 Å². The number of amides is 2. The second kappa shape index (κ2) is 6.91. The lowest BCUT2D eigenvalue weighted by atomic mass is 10.2. The highest BCUT2D eigenvalue weighted by atomic mass is 79.9. The van der Waals surface area contributed by atoms with Crippen molar-refractivity contribution in [2.75, 3.05) is 13.6 Å². The molecule has 19 heavy (non-hydrogen) atoms. The summed E-state index contributed by atoms with van der Waals surface area (Å²) in [7, 11) is 1.70. The van der Waals surface area contributed by atoms with Crippen LogP contribution in [0.15, 0.2) is 22.7 Å². The zero-order chi connectivity index (χ0) is 14.6. The van der Waals surface area contributed by atoms with E-state index in [4.69, 9.17) is 11.6 Å². The Morgan fingerprint density at radius 1 is 1.47 bits per heavy atom. The molecule has 0 saturated carbocycles. The molecule has 1 aromatic carbocycles. The van der Waals surface area contributed by atoms with Crippen LogP contribution < -0.4 is 5.32 Å². The predicted molar refractivity (Wildman–Crippen MR) is 79.4 cm³/mol. The van der Waals surface area contributed by atoms with Gasteiger partial charge in [-0.05, 0) is 48.0 Å². The summed E-state index contributed by atoms with van der Waals surface area (Å²) < 4.78 is 0.645. The molecule has 1 rings (SSSR count). The summed E-state index contributed by atoms with van der Waals surface area (Å²) in [5.74, 6) is -0.424. The topological polar surface area (TPSA) is 49.4 Å². The molecule has 0 spiro atoms. The van der Waals surface area contributed by atoms with Gasteiger partial charge in [0.05, 0.1) is 5.02 Å². The van der Waals surface area contributed by atoms with E-state index in [2.05, 4.69) is 21.2 Å². The third-order valence-corrected chi connectivity index (χ3v) is 3.96. The van der Waals surface area contributed by atoms with Crippen LogP contribution in [0.2, 0.25) is 5.02 Å². The molecule has 0 aliphatic rings. The van der Waals surface area contributed by atoms with Gasteiger partial charge in [0, 0.05) is 23.6 Å². The minimum absolute atomic E-state index is 0.121. The van der Waals surface area contributed by atoms with E-state index < -0.39 is 6.04 Å². The smallest absolute Gasteiger partial charge is 0.251 e. The number of benzene rings is 1. The number of carbonyl (C=O) groups excluding carboxylic acids is 2. The normalized spacial score (nSPS) is 11.8. The first-order valence-corrected chi connectivity index (χ1v) is 7.04. The van der Waals surface area contributed by atoms with Gasteiger partial charge in [-0.1, -0.05) is 11.6 Å². The average Bonchev–Trinajstić information content (AvgIpc) is 2.39. The third kappa shape index (κ3) is 4.21. The first-order valence-electron chi connectivity index (χ1n) is 5.87. The van der Waals surface area contributed by atoms with E-state index >= 15 is 0 Å². The van der Waals surface area contributed by atoms with Gasteiger partial charge in [0.25, 0.3) is 5.91 Å². The van der Waals surface area contributed by atoms with Gasteiger partial charge in [0.1, 0.15) is 6.04 Å². The summed E-state index contributed by atoms with van der Waals surface area (Å²) in [6.07, 6.45) is 0. The summed E-state index contributed by atoms with van der Waals surface area (Å²) >= 11 is 9.12. The standard InChI is InChI=1S/C13H16BrClN2O2/c1-4-17(3)13(19)8(2)16-12(18)9-5-6-11(15)10(14)7-9/h5-8H,4H2,1-3H3,(H,16,18). The summed E-state index contributed by atoms with van der Waals surface area (Å²) in [6.45, 7) is 4.14. The predicted octanol–water partition coefficient (Wildman–Crippen LogP) is 2.70. The van der Waals surface area contributed by atoms with Crippen molar-refractivity contribution in [2.24, 2.45) is 0 Å². The molecule has 0 bridgehead atoms. The number of nitrogens with one attached hydrogen (secondary N) is 1. The van der Waals surface area contributed by atoms with Gasteiger partial charge in [-0.25, -0.2) is 0 Å². The monoisotopic (exact) mass is 346 g/mol. The van der Waals surface area contributed by atoms with Crippen molar-refractivity contribution in [1.82, 2.24) is 10.2 Å². The Bertz CT molecular complexity index is 494. The van der Waals surface area contributed by atoms with Gasteiger partial charge in [-0.2, -0.15) is 0 Å². The molecule has 6 heteroatoms. The van der Waals surface area contributed by atoms with E-state index in [0.29, 0.717) is 21.6 Å². The van der Waals surface area contributed by atoms with Crippen molar-refractivity contribution in [3.8, 4) is 0 Å². The molecule has 0 aromatic heterocycles. The lowest BCUT2D eigenvalue weighted by molar-refractivity contribution is -0.131. The molecule has 104 valence electrons. The highest BCUT2D eigenvalue weighted by molar-refractivity contribution is 9.10. The number of carbonyl (C=O) groups is 2. The number of rotatable bonds is 4. The van der Waals surface area contributed by atoms with Crippen LogP contribution in [0.25, 0.3) is 0 Å². The molecule has 1 atom stereocenters. The van der Waals surface area contributed by atoms with Crippen LogP contribution in [0, 0.1) is 0 Å². The van der Waals surface area contributed by atoms with Crippen LogP contribution in [-0.2, 0) is 4.79 Å². The van der Waals surface area contributed by atoms with Crippen molar-refractivity contribution in [3.05, 3.63) is 33.3 Å². The summed E-state index contributed by atoms with van der Waals surface area (Å²) in [6, 6.07) is 4.30. The number of nitrogens with zero attached hydrogens (tertiary/aromatic N) is 1. The maximum Gasteiger partial charge on any atom is 0.251 e. The molecule has 0 radical (unpaired) electrons. The van der Waals surface area contributed by atoms with Crippen molar-refractivity contribution in [2.45, 2.75) is 19.9 Å². The van der Waals surface area contributed by atoms with Gasteiger partial charge in [-0.15, -0.1) is 0 Å². The molecule has 1 N–H and O–H groups in total. The van der Waals surface area contributed by atoms with Crippen LogP contribution in [0.5, 0.6) is 0 Å². The maximum absolute atomic E-state index is 12.0. The molecule has 0 heterocycles. The molecule has 0 fully saturated rings. The molecular formula is C13H16BrClN2O2. The van der Waals surface area contributed by atoms with Crippen molar-refractivity contribution < 1.29 is 9.59 Å². The summed E-state index contributed by atoms with van der Waals surface area (Å²) in [5.41, 5.74) is 0.454. The average molecular weight is 348 g/mol. The second-order valence-electron chi connectivity index (χ2n) is 4.18. The fourth-order valence-electron chi connectivity index (χ4n) is 1.47. The van der Waals surface area contributed by atoms with E-state index in [1.165, 1.54) is 0 Å². The minimum Gasteiger partial charge on any atom is -0.344 e. The van der Waals surface area contributed by atoms with E-state index in [0.717, 1.165) is 0 Å². The van der Waals surface area contributed by atoms with Gasteiger partial charge < -0.3 is 10.2 Å². The number of hydrogen-bond acceptors (Lipinski definition) is 2. The first kappa shape index (κ1) is 16.0. The van der Waals surface area contributed by atoms with E-state index in [9.17, 15) is 9.59 Å². The van der Waals surface area contributed by atoms with E-state index in [-0.39, 0.29) is 11.8 Å². The van der Waals surface area contributed by atoms with Gasteiger partial charge in [0.2, 0.25) is 5.91 Å². The fourth-order valence-corrected chi connectivity index (χ4v) is 1.96. The zero-order valence-electron chi connectivity index (χ0n) is 11.0. The highest BCUT2D eigenvalue weighted by Gasteiger charge is 2.19. The lowest BCUT2D eigenvalue weighted by Crippen LogP contribution is -2.45. The van der Waals surface area contributed by atoms with E-state index in [1.807, 2.05) is 6.92 Å². The molecule has 0 aliphatic carbocycles. The minimum atomic E-state index is -0.563. The quantitative estimate of drug-likeness (QED) is 0.910. The Balaban J connectivity index is 2.74. The number of halogens is 2. The van der Waals surface area contributed by atoms with Crippen LogP contribution >= 0.6 is 27.5 Å². The molecular weight excluding hydrogens is 332 g/mol. The lowest BCUT2D eigenvalue weighted by Gasteiger charge is -2.20. The molecule has 4 nitrogen and oxygen atoms in total. The maximum atomic E-state index is 12.0. The van der Waals surface area contributed by atoms with Crippen molar-refractivity contribution >= 4 is 39.3 Å². The molecule has 1 unspecified atom stereocenters. The zero-order valence-corrected chi connectivity index (χ0v) is 13.4. The number of likely N-dealkylation sites (N-methyl/N-ethyl adjacent to an activating group) is 1. The third-order valence-electron chi connectivity index (χ3n) is 2.75. The summed E-state index contributed by atoms with van der Waals surface area (Å²) in [4.78, 5) is 25.4. The van der Waals surface area contributed by atoms with Gasteiger partial charge >= 0.3 is 0 Å². The van der Waals surface area contributed by atoms with Gasteiger partial charge in [-0.3, -0.25) is 9.59 Å². The summed E-state index contributed by atoms with van der Waals surface area (Å²) in [5, 5.41) is 3.20. The largest absolute Gasteiger partial charge is 0.344 e. The van der Waals surface area contributed by atoms with Crippen LogP contribution in [-0.4, -0.2) is 36.3 Å². The SMILES string of the molecule is CCN(C)C(=O)C(C)NC(=O)c1ccc(Cl)c(Br)c1. The Labute approximate surface area is 126 Å². The molecule has 0 aliphatic heterocycles. The van der Waals surface area contributed by atoms with Crippen LogP contribution in [0.1, 0.15) is 24.2 Å². The molecule has 0 saturated heterocycles. The first-order chi connectivity index (χ1) is 8.86. The molecule has 1 aromatic rings. The molecule has 2 amide bonds. The fraction of sp³-hybridized carbons (Fsp3) is 0.385. The Kier molecular flexibility index (Phi) is 5.82. The van der Waals surface area contributed by atoms with Crippen LogP contribution in [0.3, 0.4) is 0 Å². The van der Waals surface area contributed by atoms with Gasteiger partial charge in [0.15, 0.2) is 0 Å². The Hall–Kier alpha value is -1.07.